The standard InChI is InChI=1S/C18H32O2/c1-2-3-4-5-6-7-8-9-10-11-12-13-14-15-16-17-18(19)20/h6-7,11-12H,2-5,8-10,13-17H2,1H3,(H,19,20). The highest BCUT2D eigenvalue weighted by Crippen LogP contribution is 2.06. The third-order valence-corrected chi connectivity index (χ3v) is 3.31. The number of rotatable bonds is 14. The molecule has 0 radical (unpaired) electrons. The van der Waals surface area contributed by atoms with Crippen LogP contribution in [-0.2, 0) is 4.79 Å². The number of carboxylic acids is 1. The van der Waals surface area contributed by atoms with Gasteiger partial charge in [0.1, 0.15) is 0 Å². The smallest absolute Gasteiger partial charge is 0.303 e. The maximum absolute atomic E-state index is 10.3. The van der Waals surface area contributed by atoms with Crippen LogP contribution in [-0.4, -0.2) is 11.1 Å². The average Bonchev–Trinajstić information content (AvgIpc) is 2.43. The van der Waals surface area contributed by atoms with E-state index < -0.39 is 5.97 Å². The summed E-state index contributed by atoms with van der Waals surface area (Å²) in [6.45, 7) is 2.24. The number of hydrogen-bond donors (Lipinski definition) is 1. The highest BCUT2D eigenvalue weighted by Gasteiger charge is 1.94. The first-order valence-electron chi connectivity index (χ1n) is 8.29. The first-order chi connectivity index (χ1) is 9.77. The highest BCUT2D eigenvalue weighted by molar-refractivity contribution is 5.66. The summed E-state index contributed by atoms with van der Waals surface area (Å²) >= 11 is 0. The summed E-state index contributed by atoms with van der Waals surface area (Å²) in [6.07, 6.45) is 22.3. The molecule has 0 aromatic heterocycles. The van der Waals surface area contributed by atoms with Crippen molar-refractivity contribution in [1.82, 2.24) is 0 Å². The molecule has 116 valence electrons. The summed E-state index contributed by atoms with van der Waals surface area (Å²) in [5, 5.41) is 8.50. The summed E-state index contributed by atoms with van der Waals surface area (Å²) in [7, 11) is 0. The lowest BCUT2D eigenvalue weighted by molar-refractivity contribution is -0.137. The van der Waals surface area contributed by atoms with Crippen molar-refractivity contribution in [2.45, 2.75) is 84.0 Å². The van der Waals surface area contributed by atoms with Crippen molar-refractivity contribution >= 4 is 5.97 Å². The van der Waals surface area contributed by atoms with Gasteiger partial charge in [-0.05, 0) is 51.4 Å². The zero-order valence-electron chi connectivity index (χ0n) is 13.2. The van der Waals surface area contributed by atoms with Gasteiger partial charge in [0.25, 0.3) is 0 Å². The fourth-order valence-electron chi connectivity index (χ4n) is 2.05. The van der Waals surface area contributed by atoms with Crippen LogP contribution in [0.15, 0.2) is 24.3 Å². The predicted octanol–water partition coefficient (Wildman–Crippen LogP) is 5.88. The van der Waals surface area contributed by atoms with Gasteiger partial charge in [0.15, 0.2) is 0 Å². The molecule has 2 nitrogen and oxygen atoms in total. The molecule has 2 heteroatoms. The third-order valence-electron chi connectivity index (χ3n) is 3.31. The van der Waals surface area contributed by atoms with E-state index in [9.17, 15) is 4.79 Å². The van der Waals surface area contributed by atoms with Crippen LogP contribution in [0.4, 0.5) is 0 Å². The number of unbranched alkanes of at least 4 members (excludes halogenated alkanes) is 8. The van der Waals surface area contributed by atoms with E-state index >= 15 is 0 Å². The van der Waals surface area contributed by atoms with E-state index in [1.54, 1.807) is 0 Å². The Balaban J connectivity index is 3.17. The lowest BCUT2D eigenvalue weighted by Crippen LogP contribution is -1.93. The molecule has 0 aliphatic carbocycles. The molecule has 0 saturated carbocycles. The highest BCUT2D eigenvalue weighted by atomic mass is 16.4. The summed E-state index contributed by atoms with van der Waals surface area (Å²) in [4.78, 5) is 10.3. The van der Waals surface area contributed by atoms with Crippen LogP contribution in [0.2, 0.25) is 0 Å². The molecule has 0 rings (SSSR count). The molecule has 0 aliphatic heterocycles. The fraction of sp³-hybridized carbons (Fsp3) is 0.722. The minimum Gasteiger partial charge on any atom is -0.481 e. The van der Waals surface area contributed by atoms with Crippen LogP contribution in [0.1, 0.15) is 84.0 Å². The molecule has 0 aromatic carbocycles. The van der Waals surface area contributed by atoms with E-state index in [4.69, 9.17) is 5.11 Å². The molecule has 0 saturated heterocycles. The molecule has 0 atom stereocenters. The molecule has 0 aromatic rings. The molecule has 0 bridgehead atoms. The zero-order chi connectivity index (χ0) is 14.9. The van der Waals surface area contributed by atoms with Gasteiger partial charge in [-0.25, -0.2) is 0 Å². The maximum atomic E-state index is 10.3. The van der Waals surface area contributed by atoms with Crippen molar-refractivity contribution in [1.29, 1.82) is 0 Å². The van der Waals surface area contributed by atoms with Crippen LogP contribution in [0.3, 0.4) is 0 Å². The van der Waals surface area contributed by atoms with E-state index in [-0.39, 0.29) is 0 Å². The van der Waals surface area contributed by atoms with Gasteiger partial charge in [0.05, 0.1) is 0 Å². The molecule has 0 heterocycles. The Morgan fingerprint density at radius 1 is 0.750 bits per heavy atom. The van der Waals surface area contributed by atoms with Crippen molar-refractivity contribution in [3.63, 3.8) is 0 Å². The van der Waals surface area contributed by atoms with Gasteiger partial charge in [-0.1, -0.05) is 50.5 Å². The Morgan fingerprint density at radius 2 is 1.25 bits per heavy atom. The Kier molecular flexibility index (Phi) is 15.2. The topological polar surface area (TPSA) is 37.3 Å². The van der Waals surface area contributed by atoms with Crippen molar-refractivity contribution < 1.29 is 9.90 Å². The fourth-order valence-corrected chi connectivity index (χ4v) is 2.05. The van der Waals surface area contributed by atoms with E-state index in [1.165, 1.54) is 38.5 Å². The number of aliphatic carboxylic acids is 1. The number of carboxylic acid groups (broad SMARTS) is 1. The lowest BCUT2D eigenvalue weighted by Gasteiger charge is -1.95. The van der Waals surface area contributed by atoms with Crippen LogP contribution in [0, 0.1) is 0 Å². The average molecular weight is 280 g/mol. The minimum absolute atomic E-state index is 0.314. The molecule has 0 amide bonds. The van der Waals surface area contributed by atoms with E-state index in [0.29, 0.717) is 6.42 Å². The Labute approximate surface area is 125 Å². The summed E-state index contributed by atoms with van der Waals surface area (Å²) in [6, 6.07) is 0. The van der Waals surface area contributed by atoms with Crippen molar-refractivity contribution in [2.24, 2.45) is 0 Å². The normalized spacial score (nSPS) is 11.7. The first kappa shape index (κ1) is 18.9. The minimum atomic E-state index is -0.678. The molecule has 0 unspecified atom stereocenters. The third kappa shape index (κ3) is 16.9. The number of carbonyl (C=O) groups is 1. The molecule has 20 heavy (non-hydrogen) atoms. The van der Waals surface area contributed by atoms with Crippen molar-refractivity contribution in [3.05, 3.63) is 24.3 Å². The molecular formula is C18H32O2. The van der Waals surface area contributed by atoms with Crippen LogP contribution >= 0.6 is 0 Å². The Morgan fingerprint density at radius 3 is 1.75 bits per heavy atom. The van der Waals surface area contributed by atoms with Crippen LogP contribution in [0.5, 0.6) is 0 Å². The molecule has 0 aliphatic rings. The molecule has 1 N–H and O–H groups in total. The maximum Gasteiger partial charge on any atom is 0.303 e. The number of allylic oxidation sites excluding steroid dienone is 4. The van der Waals surface area contributed by atoms with E-state index in [1.807, 2.05) is 0 Å². The molecule has 0 fully saturated rings. The van der Waals surface area contributed by atoms with Gasteiger partial charge in [-0.2, -0.15) is 0 Å². The van der Waals surface area contributed by atoms with E-state index in [0.717, 1.165) is 32.1 Å². The van der Waals surface area contributed by atoms with Gasteiger partial charge >= 0.3 is 5.97 Å². The lowest BCUT2D eigenvalue weighted by atomic mass is 10.1. The monoisotopic (exact) mass is 280 g/mol. The molecule has 0 spiro atoms. The van der Waals surface area contributed by atoms with Crippen LogP contribution in [0.25, 0.3) is 0 Å². The summed E-state index contributed by atoms with van der Waals surface area (Å²) in [5.74, 6) is -0.678. The largest absolute Gasteiger partial charge is 0.481 e. The zero-order valence-corrected chi connectivity index (χ0v) is 13.2. The van der Waals surface area contributed by atoms with Gasteiger partial charge in [0.2, 0.25) is 0 Å². The van der Waals surface area contributed by atoms with E-state index in [2.05, 4.69) is 31.2 Å². The van der Waals surface area contributed by atoms with Gasteiger partial charge in [-0.3, -0.25) is 4.79 Å². The first-order valence-corrected chi connectivity index (χ1v) is 8.29. The van der Waals surface area contributed by atoms with Crippen LogP contribution < -0.4 is 0 Å². The summed E-state index contributed by atoms with van der Waals surface area (Å²) in [5.41, 5.74) is 0. The second kappa shape index (κ2) is 16.0. The van der Waals surface area contributed by atoms with Gasteiger partial charge in [0, 0.05) is 6.42 Å². The molecular weight excluding hydrogens is 248 g/mol. The van der Waals surface area contributed by atoms with Crippen molar-refractivity contribution in [2.75, 3.05) is 0 Å². The van der Waals surface area contributed by atoms with Gasteiger partial charge < -0.3 is 5.11 Å². The van der Waals surface area contributed by atoms with Gasteiger partial charge in [-0.15, -0.1) is 0 Å². The number of hydrogen-bond acceptors (Lipinski definition) is 1. The summed E-state index contributed by atoms with van der Waals surface area (Å²) < 4.78 is 0. The second-order valence-electron chi connectivity index (χ2n) is 5.36. The van der Waals surface area contributed by atoms with Crippen molar-refractivity contribution in [3.8, 4) is 0 Å². The Hall–Kier alpha value is -1.05. The Bertz CT molecular complexity index is 267. The quantitative estimate of drug-likeness (QED) is 0.318. The second-order valence-corrected chi connectivity index (χ2v) is 5.36. The predicted molar refractivity (Wildman–Crippen MR) is 87.0 cm³/mol. The SMILES string of the molecule is CCCCCC=CCCCC=CCCCCCC(=O)O.